The Morgan fingerprint density at radius 2 is 1.88 bits per heavy atom. The molecule has 1 fully saturated rings. The van der Waals surface area contributed by atoms with Crippen LogP contribution in [0.2, 0.25) is 0 Å². The molecule has 1 N–H and O–H groups in total. The van der Waals surface area contributed by atoms with E-state index in [-0.39, 0.29) is 25.6 Å². The van der Waals surface area contributed by atoms with Gasteiger partial charge in [-0.3, -0.25) is 24.0 Å². The van der Waals surface area contributed by atoms with Gasteiger partial charge in [0.1, 0.15) is 5.60 Å². The van der Waals surface area contributed by atoms with E-state index in [9.17, 15) is 32.3 Å². The average Bonchev–Trinajstić information content (AvgIpc) is 3.25. The van der Waals surface area contributed by atoms with E-state index in [0.29, 0.717) is 17.9 Å². The van der Waals surface area contributed by atoms with Gasteiger partial charge in [-0.2, -0.15) is 18.3 Å². The van der Waals surface area contributed by atoms with E-state index < -0.39 is 47.9 Å². The summed E-state index contributed by atoms with van der Waals surface area (Å²) in [4.78, 5) is 51.3. The lowest BCUT2D eigenvalue weighted by Gasteiger charge is -2.36. The normalized spacial score (nSPS) is 21.1. The number of carbonyl (C=O) groups is 4. The predicted octanol–water partition coefficient (Wildman–Crippen LogP) is 1.62. The van der Waals surface area contributed by atoms with Gasteiger partial charge in [0.15, 0.2) is 0 Å². The number of amides is 3. The van der Waals surface area contributed by atoms with E-state index in [2.05, 4.69) is 5.10 Å². The van der Waals surface area contributed by atoms with Crippen LogP contribution >= 0.6 is 0 Å². The first-order valence-electron chi connectivity index (χ1n) is 10.4. The summed E-state index contributed by atoms with van der Waals surface area (Å²) in [5, 5.41) is 6.24. The molecule has 33 heavy (non-hydrogen) atoms. The molecule has 3 amide bonds. The zero-order valence-corrected chi connectivity index (χ0v) is 18.7. The molecular formula is C20H26F3N5O5. The van der Waals surface area contributed by atoms with Gasteiger partial charge in [0.25, 0.3) is 5.78 Å². The minimum Gasteiger partial charge on any atom is -0.444 e. The maximum absolute atomic E-state index is 12.6. The number of ether oxygens (including phenoxy) is 1. The van der Waals surface area contributed by atoms with Crippen molar-refractivity contribution in [2.24, 2.45) is 5.92 Å². The van der Waals surface area contributed by atoms with Crippen LogP contribution in [0.4, 0.5) is 23.7 Å². The number of aromatic nitrogens is 2. The Balaban J connectivity index is 1.71. The molecule has 1 aromatic heterocycles. The number of carbonyl (C=O) groups excluding carboxylic acids is 4. The minimum absolute atomic E-state index is 0.0778. The van der Waals surface area contributed by atoms with Crippen molar-refractivity contribution in [2.45, 2.75) is 65.0 Å². The van der Waals surface area contributed by atoms with Gasteiger partial charge in [-0.15, -0.1) is 0 Å². The first-order chi connectivity index (χ1) is 15.2. The van der Waals surface area contributed by atoms with E-state index in [0.717, 1.165) is 0 Å². The van der Waals surface area contributed by atoms with E-state index >= 15 is 0 Å². The van der Waals surface area contributed by atoms with E-state index in [1.807, 2.05) is 12.2 Å². The number of hydrogen-bond donors (Lipinski definition) is 1. The van der Waals surface area contributed by atoms with Gasteiger partial charge in [0.05, 0.1) is 49.2 Å². The second kappa shape index (κ2) is 8.67. The Kier molecular flexibility index (Phi) is 6.44. The third-order valence-corrected chi connectivity index (χ3v) is 5.37. The van der Waals surface area contributed by atoms with Gasteiger partial charge in [-0.1, -0.05) is 0 Å². The fourth-order valence-corrected chi connectivity index (χ4v) is 3.71. The predicted molar refractivity (Wildman–Crippen MR) is 108 cm³/mol. The van der Waals surface area contributed by atoms with Gasteiger partial charge < -0.3 is 15.0 Å². The third-order valence-electron chi connectivity index (χ3n) is 5.37. The summed E-state index contributed by atoms with van der Waals surface area (Å²) in [6.07, 6.45) is -4.30. The van der Waals surface area contributed by atoms with Crippen molar-refractivity contribution in [2.75, 3.05) is 18.0 Å². The summed E-state index contributed by atoms with van der Waals surface area (Å²) in [7, 11) is 0. The lowest BCUT2D eigenvalue weighted by Crippen LogP contribution is -2.47. The molecule has 1 saturated heterocycles. The van der Waals surface area contributed by atoms with E-state index in [4.69, 9.17) is 4.74 Å². The number of anilines is 1. The zero-order valence-electron chi connectivity index (χ0n) is 18.7. The highest BCUT2D eigenvalue weighted by molar-refractivity contribution is 6.01. The molecule has 3 rings (SSSR count). The molecule has 0 aromatic carbocycles. The monoisotopic (exact) mass is 473 g/mol. The zero-order chi connectivity index (χ0) is 24.7. The molecule has 3 heterocycles. The number of hydrogen-bond acceptors (Lipinski definition) is 6. The SMILES string of the molecule is C[C@H]1Cn2ncc(N3CC(C(=O)NCC(=O)C(F)(F)F)CC3=O)c2CN1C(=O)OC(C)(C)C. The second-order valence-corrected chi connectivity index (χ2v) is 9.16. The minimum atomic E-state index is -5.04. The molecule has 182 valence electrons. The topological polar surface area (TPSA) is 114 Å². The van der Waals surface area contributed by atoms with Crippen molar-refractivity contribution in [3.8, 4) is 0 Å². The maximum Gasteiger partial charge on any atom is 0.451 e. The number of Topliss-reactive ketones (excluding diaryl/α,β-unsaturated/α-hetero) is 1. The van der Waals surface area contributed by atoms with Crippen LogP contribution < -0.4 is 10.2 Å². The highest BCUT2D eigenvalue weighted by Gasteiger charge is 2.41. The molecule has 0 spiro atoms. The van der Waals surface area contributed by atoms with Gasteiger partial charge >= 0.3 is 12.3 Å². The van der Waals surface area contributed by atoms with Crippen molar-refractivity contribution >= 4 is 29.4 Å². The van der Waals surface area contributed by atoms with Crippen molar-refractivity contribution in [1.82, 2.24) is 20.0 Å². The Bertz CT molecular complexity index is 968. The van der Waals surface area contributed by atoms with Crippen LogP contribution in [-0.4, -0.2) is 69.3 Å². The third kappa shape index (κ3) is 5.45. The highest BCUT2D eigenvalue weighted by atomic mass is 19.4. The molecular weight excluding hydrogens is 447 g/mol. The summed E-state index contributed by atoms with van der Waals surface area (Å²) in [6, 6.07) is -0.209. The van der Waals surface area contributed by atoms with Crippen LogP contribution in [0, 0.1) is 5.92 Å². The number of ketones is 1. The molecule has 1 aromatic rings. The molecule has 0 radical (unpaired) electrons. The number of halogens is 3. The first-order valence-corrected chi connectivity index (χ1v) is 10.4. The molecule has 2 aliphatic heterocycles. The second-order valence-electron chi connectivity index (χ2n) is 9.16. The maximum atomic E-state index is 12.6. The van der Waals surface area contributed by atoms with Crippen molar-refractivity contribution in [3.05, 3.63) is 11.9 Å². The smallest absolute Gasteiger partial charge is 0.444 e. The van der Waals surface area contributed by atoms with Crippen molar-refractivity contribution in [1.29, 1.82) is 0 Å². The average molecular weight is 473 g/mol. The Morgan fingerprint density at radius 3 is 2.48 bits per heavy atom. The van der Waals surface area contributed by atoms with Crippen molar-refractivity contribution in [3.63, 3.8) is 0 Å². The first kappa shape index (κ1) is 24.5. The summed E-state index contributed by atoms with van der Waals surface area (Å²) >= 11 is 0. The lowest BCUT2D eigenvalue weighted by molar-refractivity contribution is -0.170. The van der Waals surface area contributed by atoms with Gasteiger partial charge in [-0.05, 0) is 27.7 Å². The number of nitrogens with zero attached hydrogens (tertiary/aromatic N) is 4. The van der Waals surface area contributed by atoms with Crippen LogP contribution in [0.25, 0.3) is 0 Å². The molecule has 0 aliphatic carbocycles. The number of rotatable bonds is 4. The Morgan fingerprint density at radius 1 is 1.21 bits per heavy atom. The highest BCUT2D eigenvalue weighted by Crippen LogP contribution is 2.32. The summed E-state index contributed by atoms with van der Waals surface area (Å²) in [5.41, 5.74) is 0.318. The number of fused-ring (bicyclic) bond motifs is 1. The largest absolute Gasteiger partial charge is 0.451 e. The van der Waals surface area contributed by atoms with Gasteiger partial charge in [0.2, 0.25) is 11.8 Å². The fourth-order valence-electron chi connectivity index (χ4n) is 3.71. The summed E-state index contributed by atoms with van der Waals surface area (Å²) in [6.45, 7) is 6.36. The number of alkyl halides is 3. The van der Waals surface area contributed by atoms with Crippen LogP contribution in [0.3, 0.4) is 0 Å². The Labute approximate surface area is 188 Å². The van der Waals surface area contributed by atoms with Crippen LogP contribution in [-0.2, 0) is 32.2 Å². The van der Waals surface area contributed by atoms with Crippen LogP contribution in [0.1, 0.15) is 39.8 Å². The molecule has 1 unspecified atom stereocenters. The van der Waals surface area contributed by atoms with Crippen LogP contribution in [0.5, 0.6) is 0 Å². The van der Waals surface area contributed by atoms with E-state index in [1.54, 1.807) is 25.5 Å². The van der Waals surface area contributed by atoms with Crippen LogP contribution in [0.15, 0.2) is 6.20 Å². The lowest BCUT2D eigenvalue weighted by atomic mass is 10.1. The van der Waals surface area contributed by atoms with E-state index in [1.165, 1.54) is 16.0 Å². The quantitative estimate of drug-likeness (QED) is 0.711. The van der Waals surface area contributed by atoms with Gasteiger partial charge in [0, 0.05) is 13.0 Å². The summed E-state index contributed by atoms with van der Waals surface area (Å²) < 4.78 is 44.2. The fraction of sp³-hybridized carbons (Fsp3) is 0.650. The number of nitrogens with one attached hydrogen (secondary N) is 1. The van der Waals surface area contributed by atoms with Crippen molar-refractivity contribution < 1.29 is 37.1 Å². The van der Waals surface area contributed by atoms with Gasteiger partial charge in [-0.25, -0.2) is 4.79 Å². The molecule has 0 bridgehead atoms. The summed E-state index contributed by atoms with van der Waals surface area (Å²) in [5.74, 6) is -4.21. The molecule has 2 atom stereocenters. The molecule has 10 nitrogen and oxygen atoms in total. The Hall–Kier alpha value is -3.12. The standard InChI is InChI=1S/C20H26F3N5O5/c1-11-8-28-14(10-26(11)18(32)33-19(2,3)4)13(6-25-28)27-9-12(5-16(27)30)17(31)24-7-15(29)20(21,22)23/h6,11-12H,5,7-10H2,1-4H3,(H,24,31)/t11-,12?/m0/s1. The molecule has 0 saturated carbocycles. The molecule has 13 heteroatoms. The molecule has 2 aliphatic rings.